The quantitative estimate of drug-likeness (QED) is 0.522. The van der Waals surface area contributed by atoms with Gasteiger partial charge in [-0.1, -0.05) is 12.6 Å². The number of fused-ring (bicyclic) bond motifs is 2. The topological polar surface area (TPSA) is 79.6 Å². The molecule has 31 heavy (non-hydrogen) atoms. The molecule has 0 radical (unpaired) electrons. The number of carbonyl (C=O) groups excluding carboxylic acids is 2. The highest BCUT2D eigenvalue weighted by atomic mass is 16.2. The number of imidazole rings is 1. The van der Waals surface area contributed by atoms with Gasteiger partial charge in [0.05, 0.1) is 5.69 Å². The number of nitrogens with one attached hydrogen (secondary N) is 1. The van der Waals surface area contributed by atoms with E-state index >= 15 is 0 Å². The van der Waals surface area contributed by atoms with Crippen LogP contribution in [0.25, 0.3) is 5.65 Å². The number of nitrogens with zero attached hydrogens (tertiary/aromatic N) is 4. The Morgan fingerprint density at radius 1 is 1.26 bits per heavy atom. The van der Waals surface area contributed by atoms with Gasteiger partial charge in [0.1, 0.15) is 5.78 Å². The summed E-state index contributed by atoms with van der Waals surface area (Å²) in [5.41, 5.74) is 4.92. The highest BCUT2D eigenvalue weighted by molar-refractivity contribution is 5.87. The number of Topliss-reactive ketones (excluding diaryl/α,β-unsaturated/α-hetero) is 1. The lowest BCUT2D eigenvalue weighted by atomic mass is 10.0. The summed E-state index contributed by atoms with van der Waals surface area (Å²) in [6.07, 6.45) is 10.9. The molecule has 1 aromatic carbocycles. The smallest absolute Gasteiger partial charge is 0.245 e. The second-order valence-electron chi connectivity index (χ2n) is 8.32. The van der Waals surface area contributed by atoms with Crippen LogP contribution >= 0.6 is 0 Å². The molecule has 5 rings (SSSR count). The average molecular weight is 415 g/mol. The van der Waals surface area contributed by atoms with Crippen LogP contribution in [0.1, 0.15) is 42.0 Å². The van der Waals surface area contributed by atoms with Crippen molar-refractivity contribution in [3.05, 3.63) is 66.3 Å². The summed E-state index contributed by atoms with van der Waals surface area (Å²) in [6, 6.07) is 6.22. The van der Waals surface area contributed by atoms with Gasteiger partial charge in [-0.3, -0.25) is 9.59 Å². The first-order chi connectivity index (χ1) is 15.1. The number of anilines is 2. The molecule has 2 aliphatic rings. The van der Waals surface area contributed by atoms with E-state index < -0.39 is 0 Å². The zero-order chi connectivity index (χ0) is 21.4. The van der Waals surface area contributed by atoms with E-state index in [0.29, 0.717) is 37.5 Å². The molecule has 0 saturated carbocycles. The second-order valence-corrected chi connectivity index (χ2v) is 8.32. The predicted octanol–water partition coefficient (Wildman–Crippen LogP) is 3.42. The van der Waals surface area contributed by atoms with Crippen LogP contribution in [0.15, 0.2) is 49.4 Å². The fraction of sp³-hybridized carbons (Fsp3) is 0.333. The molecule has 0 unspecified atom stereocenters. The predicted molar refractivity (Wildman–Crippen MR) is 118 cm³/mol. The number of aromatic nitrogens is 3. The van der Waals surface area contributed by atoms with Crippen LogP contribution in [0.4, 0.5) is 11.5 Å². The number of hydrogen-bond acceptors (Lipinski definition) is 5. The molecule has 7 nitrogen and oxygen atoms in total. The molecule has 2 aromatic heterocycles. The van der Waals surface area contributed by atoms with Crippen molar-refractivity contribution in [2.45, 2.75) is 38.0 Å². The Kier molecular flexibility index (Phi) is 5.02. The third-order valence-corrected chi connectivity index (χ3v) is 6.24. The van der Waals surface area contributed by atoms with Gasteiger partial charge in [0.25, 0.3) is 0 Å². The van der Waals surface area contributed by atoms with Crippen LogP contribution in [0, 0.1) is 0 Å². The standard InChI is InChI=1S/C24H25N5O2/c1-2-22(31)28-10-8-17(14-28)21-15-29-11-9-25-24(29)23(27-21)26-19-7-6-16-4-3-5-20(30)13-18(16)12-19/h2,6-7,9,11-12,15,17H,1,3-5,8,10,13-14H2,(H,26,27)/t17-/m1/s1. The van der Waals surface area contributed by atoms with E-state index in [2.05, 4.69) is 29.0 Å². The minimum Gasteiger partial charge on any atom is -0.338 e. The molecular weight excluding hydrogens is 390 g/mol. The Bertz CT molecular complexity index is 1180. The molecule has 158 valence electrons. The Labute approximate surface area is 180 Å². The van der Waals surface area contributed by atoms with Gasteiger partial charge in [0, 0.05) is 56.1 Å². The highest BCUT2D eigenvalue weighted by Gasteiger charge is 2.28. The number of ketones is 1. The monoisotopic (exact) mass is 415 g/mol. The second kappa shape index (κ2) is 7.98. The number of rotatable bonds is 4. The number of carbonyl (C=O) groups is 2. The van der Waals surface area contributed by atoms with Crippen LogP contribution in [0.5, 0.6) is 0 Å². The van der Waals surface area contributed by atoms with Crippen molar-refractivity contribution in [1.82, 2.24) is 19.3 Å². The van der Waals surface area contributed by atoms with Gasteiger partial charge in [-0.15, -0.1) is 0 Å². The van der Waals surface area contributed by atoms with Gasteiger partial charge in [0.2, 0.25) is 5.91 Å². The molecule has 1 amide bonds. The summed E-state index contributed by atoms with van der Waals surface area (Å²) in [6.45, 7) is 4.94. The Balaban J connectivity index is 1.45. The molecule has 7 heteroatoms. The molecule has 1 aliphatic heterocycles. The SMILES string of the molecule is C=CC(=O)N1CC[C@@H](c2cn3ccnc3c(Nc3ccc4c(c3)CC(=O)CCC4)n2)C1. The Morgan fingerprint density at radius 3 is 3.03 bits per heavy atom. The lowest BCUT2D eigenvalue weighted by Crippen LogP contribution is -2.26. The van der Waals surface area contributed by atoms with Gasteiger partial charge in [-0.25, -0.2) is 9.97 Å². The van der Waals surface area contributed by atoms with E-state index in [1.54, 1.807) is 6.20 Å². The fourth-order valence-electron chi connectivity index (χ4n) is 4.59. The molecule has 0 bridgehead atoms. The van der Waals surface area contributed by atoms with Gasteiger partial charge in [-0.2, -0.15) is 0 Å². The van der Waals surface area contributed by atoms with Gasteiger partial charge in [-0.05, 0) is 48.6 Å². The number of amides is 1. The van der Waals surface area contributed by atoms with Gasteiger partial charge < -0.3 is 14.6 Å². The molecule has 1 N–H and O–H groups in total. The maximum atomic E-state index is 12.1. The van der Waals surface area contributed by atoms with Crippen molar-refractivity contribution in [2.24, 2.45) is 0 Å². The molecule has 1 atom stereocenters. The average Bonchev–Trinajstić information content (AvgIpc) is 3.40. The van der Waals surface area contributed by atoms with E-state index in [1.807, 2.05) is 27.8 Å². The summed E-state index contributed by atoms with van der Waals surface area (Å²) in [5.74, 6) is 1.10. The lowest BCUT2D eigenvalue weighted by Gasteiger charge is -2.16. The van der Waals surface area contributed by atoms with Crippen molar-refractivity contribution in [3.8, 4) is 0 Å². The number of benzene rings is 1. The third kappa shape index (κ3) is 3.83. The zero-order valence-corrected chi connectivity index (χ0v) is 17.4. The highest BCUT2D eigenvalue weighted by Crippen LogP contribution is 2.30. The van der Waals surface area contributed by atoms with Crippen LogP contribution in [-0.2, 0) is 22.4 Å². The van der Waals surface area contributed by atoms with E-state index in [9.17, 15) is 9.59 Å². The number of hydrogen-bond donors (Lipinski definition) is 1. The molecule has 1 aliphatic carbocycles. The van der Waals surface area contributed by atoms with Crippen LogP contribution in [-0.4, -0.2) is 44.0 Å². The largest absolute Gasteiger partial charge is 0.338 e. The van der Waals surface area contributed by atoms with Gasteiger partial charge >= 0.3 is 0 Å². The first kappa shape index (κ1) is 19.5. The van der Waals surface area contributed by atoms with Gasteiger partial charge in [0.15, 0.2) is 11.5 Å². The lowest BCUT2D eigenvalue weighted by molar-refractivity contribution is -0.125. The normalized spacial score (nSPS) is 18.6. The molecule has 0 spiro atoms. The number of likely N-dealkylation sites (tertiary alicyclic amines) is 1. The summed E-state index contributed by atoms with van der Waals surface area (Å²) >= 11 is 0. The van der Waals surface area contributed by atoms with E-state index in [-0.39, 0.29) is 11.8 Å². The van der Waals surface area contributed by atoms with Crippen molar-refractivity contribution < 1.29 is 9.59 Å². The van der Waals surface area contributed by atoms with Crippen molar-refractivity contribution >= 4 is 28.8 Å². The van der Waals surface area contributed by atoms with Crippen LogP contribution in [0.2, 0.25) is 0 Å². The summed E-state index contributed by atoms with van der Waals surface area (Å²) in [5, 5.41) is 3.42. The van der Waals surface area contributed by atoms with Crippen LogP contribution in [0.3, 0.4) is 0 Å². The fourth-order valence-corrected chi connectivity index (χ4v) is 4.59. The zero-order valence-electron chi connectivity index (χ0n) is 17.4. The third-order valence-electron chi connectivity index (χ3n) is 6.24. The van der Waals surface area contributed by atoms with Crippen molar-refractivity contribution in [1.29, 1.82) is 0 Å². The summed E-state index contributed by atoms with van der Waals surface area (Å²) in [4.78, 5) is 35.2. The molecule has 1 saturated heterocycles. The Morgan fingerprint density at radius 2 is 2.16 bits per heavy atom. The maximum Gasteiger partial charge on any atom is 0.245 e. The van der Waals surface area contributed by atoms with E-state index in [4.69, 9.17) is 4.98 Å². The van der Waals surface area contributed by atoms with Crippen molar-refractivity contribution in [2.75, 3.05) is 18.4 Å². The van der Waals surface area contributed by atoms with Crippen LogP contribution < -0.4 is 5.32 Å². The van der Waals surface area contributed by atoms with Crippen molar-refractivity contribution in [3.63, 3.8) is 0 Å². The molecule has 3 heterocycles. The first-order valence-corrected chi connectivity index (χ1v) is 10.8. The maximum absolute atomic E-state index is 12.1. The number of aryl methyl sites for hydroxylation is 1. The van der Waals surface area contributed by atoms with E-state index in [0.717, 1.165) is 41.9 Å². The molecular formula is C24H25N5O2. The summed E-state index contributed by atoms with van der Waals surface area (Å²) < 4.78 is 1.97. The molecule has 3 aromatic rings. The van der Waals surface area contributed by atoms with E-state index in [1.165, 1.54) is 11.6 Å². The minimum absolute atomic E-state index is 0.0379. The minimum atomic E-state index is -0.0379. The Hall–Kier alpha value is -3.48. The molecule has 1 fully saturated rings. The first-order valence-electron chi connectivity index (χ1n) is 10.8. The summed E-state index contributed by atoms with van der Waals surface area (Å²) in [7, 11) is 0.